The van der Waals surface area contributed by atoms with Crippen molar-refractivity contribution in [1.82, 2.24) is 5.32 Å². The minimum Gasteiger partial charge on any atom is -0.352 e. The molecule has 5 heteroatoms. The summed E-state index contributed by atoms with van der Waals surface area (Å²) in [5, 5.41) is 4.04. The number of rotatable bonds is 4. The Kier molecular flexibility index (Phi) is 6.35. The van der Waals surface area contributed by atoms with E-state index in [1.807, 2.05) is 24.3 Å². The van der Waals surface area contributed by atoms with Crippen molar-refractivity contribution in [3.8, 4) is 0 Å². The molecule has 1 amide bonds. The third-order valence-electron chi connectivity index (χ3n) is 5.57. The average molecular weight is 357 g/mol. The van der Waals surface area contributed by atoms with Gasteiger partial charge in [0.15, 0.2) is 0 Å². The Labute approximate surface area is 149 Å². The molecule has 2 aliphatic carbocycles. The predicted octanol–water partition coefficient (Wildman–Crippen LogP) is 3.82. The van der Waals surface area contributed by atoms with E-state index >= 15 is 0 Å². The molecular formula is C18H26Cl2N2O. The van der Waals surface area contributed by atoms with Gasteiger partial charge in [-0.05, 0) is 55.8 Å². The van der Waals surface area contributed by atoms with Crippen molar-refractivity contribution in [2.45, 2.75) is 56.4 Å². The lowest BCUT2D eigenvalue weighted by molar-refractivity contribution is -0.127. The fourth-order valence-electron chi connectivity index (χ4n) is 4.21. The van der Waals surface area contributed by atoms with Crippen molar-refractivity contribution in [2.24, 2.45) is 11.7 Å². The summed E-state index contributed by atoms with van der Waals surface area (Å²) in [7, 11) is 0. The second-order valence-corrected chi connectivity index (χ2v) is 7.24. The fourth-order valence-corrected chi connectivity index (χ4v) is 4.34. The maximum atomic E-state index is 13.1. The highest BCUT2D eigenvalue weighted by atomic mass is 35.5. The first-order valence-corrected chi connectivity index (χ1v) is 8.80. The van der Waals surface area contributed by atoms with Gasteiger partial charge < -0.3 is 11.1 Å². The van der Waals surface area contributed by atoms with Gasteiger partial charge in [-0.3, -0.25) is 4.79 Å². The van der Waals surface area contributed by atoms with Crippen LogP contribution in [0.3, 0.4) is 0 Å². The van der Waals surface area contributed by atoms with E-state index in [0.717, 1.165) is 49.1 Å². The van der Waals surface area contributed by atoms with Gasteiger partial charge in [-0.15, -0.1) is 12.4 Å². The van der Waals surface area contributed by atoms with Crippen molar-refractivity contribution >= 4 is 29.9 Å². The lowest BCUT2D eigenvalue weighted by Crippen LogP contribution is -2.49. The van der Waals surface area contributed by atoms with Crippen LogP contribution in [0.25, 0.3) is 0 Å². The second-order valence-electron chi connectivity index (χ2n) is 6.80. The van der Waals surface area contributed by atoms with Gasteiger partial charge in [0, 0.05) is 11.1 Å². The Morgan fingerprint density at radius 2 is 1.83 bits per heavy atom. The summed E-state index contributed by atoms with van der Waals surface area (Å²) in [5.41, 5.74) is 6.59. The van der Waals surface area contributed by atoms with Crippen molar-refractivity contribution in [3.63, 3.8) is 0 Å². The van der Waals surface area contributed by atoms with Gasteiger partial charge in [-0.25, -0.2) is 0 Å². The summed E-state index contributed by atoms with van der Waals surface area (Å²) in [4.78, 5) is 13.1. The molecule has 3 rings (SSSR count). The van der Waals surface area contributed by atoms with Crippen molar-refractivity contribution in [1.29, 1.82) is 0 Å². The highest BCUT2D eigenvalue weighted by molar-refractivity contribution is 6.30. The van der Waals surface area contributed by atoms with Crippen LogP contribution in [0.4, 0.5) is 0 Å². The molecule has 23 heavy (non-hydrogen) atoms. The molecule has 3 N–H and O–H groups in total. The first kappa shape index (κ1) is 18.6. The zero-order chi connectivity index (χ0) is 15.6. The number of halogens is 2. The fraction of sp³-hybridized carbons (Fsp3) is 0.611. The molecule has 0 spiro atoms. The third-order valence-corrected chi connectivity index (χ3v) is 5.82. The van der Waals surface area contributed by atoms with E-state index in [4.69, 9.17) is 17.3 Å². The summed E-state index contributed by atoms with van der Waals surface area (Å²) in [6.45, 7) is 0.666. The summed E-state index contributed by atoms with van der Waals surface area (Å²) in [6.07, 6.45) is 7.45. The van der Waals surface area contributed by atoms with E-state index in [-0.39, 0.29) is 29.8 Å². The Hall–Kier alpha value is -0.770. The van der Waals surface area contributed by atoms with Crippen LogP contribution < -0.4 is 11.1 Å². The molecule has 2 aliphatic rings. The summed E-state index contributed by atoms with van der Waals surface area (Å²) in [5.74, 6) is 0.630. The lowest BCUT2D eigenvalue weighted by atomic mass is 9.77. The van der Waals surface area contributed by atoms with Gasteiger partial charge in [-0.1, -0.05) is 43.0 Å². The van der Waals surface area contributed by atoms with Crippen LogP contribution >= 0.6 is 24.0 Å². The molecule has 0 aliphatic heterocycles. The van der Waals surface area contributed by atoms with E-state index in [0.29, 0.717) is 12.5 Å². The van der Waals surface area contributed by atoms with E-state index in [1.165, 1.54) is 6.42 Å². The lowest BCUT2D eigenvalue weighted by Gasteiger charge is -2.31. The molecule has 0 heterocycles. The van der Waals surface area contributed by atoms with Gasteiger partial charge >= 0.3 is 0 Å². The Balaban J connectivity index is 0.00000192. The zero-order valence-electron chi connectivity index (χ0n) is 13.4. The molecule has 0 bridgehead atoms. The highest BCUT2D eigenvalue weighted by Gasteiger charge is 2.44. The molecule has 3 nitrogen and oxygen atoms in total. The van der Waals surface area contributed by atoms with E-state index in [2.05, 4.69) is 5.32 Å². The molecule has 0 radical (unpaired) electrons. The Morgan fingerprint density at radius 3 is 2.43 bits per heavy atom. The summed E-state index contributed by atoms with van der Waals surface area (Å²) < 4.78 is 0. The number of benzene rings is 1. The van der Waals surface area contributed by atoms with Crippen molar-refractivity contribution in [3.05, 3.63) is 34.9 Å². The molecular weight excluding hydrogens is 331 g/mol. The molecule has 2 fully saturated rings. The van der Waals surface area contributed by atoms with Gasteiger partial charge in [0.2, 0.25) is 5.91 Å². The summed E-state index contributed by atoms with van der Waals surface area (Å²) in [6, 6.07) is 8.07. The summed E-state index contributed by atoms with van der Waals surface area (Å²) >= 11 is 6.00. The number of nitrogens with one attached hydrogen (secondary N) is 1. The number of amides is 1. The predicted molar refractivity (Wildman–Crippen MR) is 97.2 cm³/mol. The van der Waals surface area contributed by atoms with Gasteiger partial charge in [0.25, 0.3) is 0 Å². The van der Waals surface area contributed by atoms with Crippen LogP contribution in [0.5, 0.6) is 0 Å². The molecule has 1 aromatic rings. The standard InChI is InChI=1S/C18H25ClN2O.ClH/c19-15-8-6-14(7-9-15)18(10-1-2-11-18)17(22)21-16-5-3-4-13(16)12-20;/h6-9,13,16H,1-5,10-12,20H2,(H,21,22);1H. The number of nitrogens with two attached hydrogens (primary N) is 1. The van der Waals surface area contributed by atoms with Crippen LogP contribution in [-0.4, -0.2) is 18.5 Å². The first-order valence-electron chi connectivity index (χ1n) is 8.43. The number of carbonyl (C=O) groups is 1. The molecule has 0 saturated heterocycles. The Bertz CT molecular complexity index is 526. The molecule has 0 aromatic heterocycles. The SMILES string of the molecule is Cl.NCC1CCCC1NC(=O)C1(c2ccc(Cl)cc2)CCCC1. The highest BCUT2D eigenvalue weighted by Crippen LogP contribution is 2.42. The molecule has 1 aromatic carbocycles. The van der Waals surface area contributed by atoms with Crippen LogP contribution in [-0.2, 0) is 10.2 Å². The molecule has 128 valence electrons. The van der Waals surface area contributed by atoms with E-state index in [1.54, 1.807) is 0 Å². The topological polar surface area (TPSA) is 55.1 Å². The van der Waals surface area contributed by atoms with E-state index < -0.39 is 0 Å². The van der Waals surface area contributed by atoms with Gasteiger partial charge in [-0.2, -0.15) is 0 Å². The normalized spacial score (nSPS) is 25.8. The smallest absolute Gasteiger partial charge is 0.230 e. The maximum Gasteiger partial charge on any atom is 0.230 e. The van der Waals surface area contributed by atoms with Crippen molar-refractivity contribution in [2.75, 3.05) is 6.54 Å². The minimum absolute atomic E-state index is 0. The molecule has 2 atom stereocenters. The van der Waals surface area contributed by atoms with Gasteiger partial charge in [0.1, 0.15) is 0 Å². The number of hydrogen-bond acceptors (Lipinski definition) is 2. The zero-order valence-corrected chi connectivity index (χ0v) is 15.0. The van der Waals surface area contributed by atoms with Crippen LogP contribution in [0.2, 0.25) is 5.02 Å². The van der Waals surface area contributed by atoms with Crippen LogP contribution in [0.1, 0.15) is 50.5 Å². The monoisotopic (exact) mass is 356 g/mol. The van der Waals surface area contributed by atoms with E-state index in [9.17, 15) is 4.79 Å². The first-order chi connectivity index (χ1) is 10.7. The van der Waals surface area contributed by atoms with Crippen LogP contribution in [0, 0.1) is 5.92 Å². The van der Waals surface area contributed by atoms with Gasteiger partial charge in [0.05, 0.1) is 5.41 Å². The molecule has 2 unspecified atom stereocenters. The minimum atomic E-state index is -0.369. The molecule has 2 saturated carbocycles. The maximum absolute atomic E-state index is 13.1. The average Bonchev–Trinajstić information content (AvgIpc) is 3.17. The second kappa shape index (κ2) is 7.87. The number of hydrogen-bond donors (Lipinski definition) is 2. The Morgan fingerprint density at radius 1 is 1.17 bits per heavy atom. The van der Waals surface area contributed by atoms with Crippen LogP contribution in [0.15, 0.2) is 24.3 Å². The quantitative estimate of drug-likeness (QED) is 0.861. The third kappa shape index (κ3) is 3.67. The number of carbonyl (C=O) groups excluding carboxylic acids is 1. The largest absolute Gasteiger partial charge is 0.352 e. The van der Waals surface area contributed by atoms with Crippen molar-refractivity contribution < 1.29 is 4.79 Å².